The highest BCUT2D eigenvalue weighted by Crippen LogP contribution is 2.32. The molecule has 2 saturated heterocycles. The van der Waals surface area contributed by atoms with Gasteiger partial charge in [-0.3, -0.25) is 9.69 Å². The van der Waals surface area contributed by atoms with Crippen molar-refractivity contribution in [3.63, 3.8) is 0 Å². The van der Waals surface area contributed by atoms with Crippen molar-refractivity contribution < 1.29 is 22.5 Å². The molecule has 1 aromatic heterocycles. The first-order valence-electron chi connectivity index (χ1n) is 12.7. The maximum absolute atomic E-state index is 13.1. The lowest BCUT2D eigenvalue weighted by Gasteiger charge is -2.30. The molecule has 2 aliphatic heterocycles. The molecule has 3 aromatic rings. The Labute approximate surface area is 237 Å². The fourth-order valence-electron chi connectivity index (χ4n) is 4.90. The van der Waals surface area contributed by atoms with Gasteiger partial charge in [-0.15, -0.1) is 0 Å². The van der Waals surface area contributed by atoms with E-state index in [2.05, 4.69) is 20.4 Å². The van der Waals surface area contributed by atoms with Crippen LogP contribution >= 0.6 is 23.2 Å². The Kier molecular flexibility index (Phi) is 8.43. The van der Waals surface area contributed by atoms with E-state index >= 15 is 0 Å². The maximum Gasteiger partial charge on any atom is 0.243 e. The Morgan fingerprint density at radius 1 is 1.10 bits per heavy atom. The average molecular weight is 595 g/mol. The number of piperidine rings is 1. The van der Waals surface area contributed by atoms with Crippen LogP contribution in [0.25, 0.3) is 11.4 Å². The van der Waals surface area contributed by atoms with Gasteiger partial charge in [0, 0.05) is 29.6 Å². The van der Waals surface area contributed by atoms with Gasteiger partial charge in [0.05, 0.1) is 29.3 Å². The average Bonchev–Trinajstić information content (AvgIpc) is 3.62. The Morgan fingerprint density at radius 3 is 2.54 bits per heavy atom. The number of hydrogen-bond donors (Lipinski definition) is 1. The fraction of sp³-hybridized carbons (Fsp3) is 0.423. The minimum Gasteiger partial charge on any atom is -0.495 e. The minimum absolute atomic E-state index is 0.147. The number of anilines is 1. The molecular formula is C26H29Cl2N5O5S. The molecule has 2 fully saturated rings. The van der Waals surface area contributed by atoms with E-state index in [1.54, 1.807) is 24.3 Å². The number of benzene rings is 2. The molecule has 3 heterocycles. The van der Waals surface area contributed by atoms with Crippen LogP contribution in [0.3, 0.4) is 0 Å². The first kappa shape index (κ1) is 27.9. The third-order valence-corrected chi connectivity index (χ3v) is 9.53. The number of nitrogens with one attached hydrogen (secondary N) is 1. The van der Waals surface area contributed by atoms with Crippen LogP contribution in [0.4, 0.5) is 5.69 Å². The summed E-state index contributed by atoms with van der Waals surface area (Å²) in [6.07, 6.45) is 2.96. The van der Waals surface area contributed by atoms with E-state index in [-0.39, 0.29) is 16.7 Å². The predicted octanol–water partition coefficient (Wildman–Crippen LogP) is 4.69. The highest BCUT2D eigenvalue weighted by Gasteiger charge is 2.30. The number of rotatable bonds is 8. The molecule has 1 N–H and O–H groups in total. The lowest BCUT2D eigenvalue weighted by molar-refractivity contribution is -0.121. The third-order valence-electron chi connectivity index (χ3n) is 7.09. The Balaban J connectivity index is 1.19. The molecule has 39 heavy (non-hydrogen) atoms. The summed E-state index contributed by atoms with van der Waals surface area (Å²) < 4.78 is 38.3. The van der Waals surface area contributed by atoms with Crippen molar-refractivity contribution in [3.05, 3.63) is 52.3 Å². The normalized spacial score (nSPS) is 17.4. The van der Waals surface area contributed by atoms with Crippen molar-refractivity contribution in [2.75, 3.05) is 38.6 Å². The van der Waals surface area contributed by atoms with Gasteiger partial charge >= 0.3 is 0 Å². The van der Waals surface area contributed by atoms with Gasteiger partial charge < -0.3 is 14.6 Å². The topological polar surface area (TPSA) is 118 Å². The van der Waals surface area contributed by atoms with E-state index in [1.165, 1.54) is 23.5 Å². The highest BCUT2D eigenvalue weighted by atomic mass is 35.5. The maximum atomic E-state index is 13.1. The summed E-state index contributed by atoms with van der Waals surface area (Å²) in [6.45, 7) is 2.80. The molecule has 2 aromatic carbocycles. The molecule has 0 saturated carbocycles. The molecule has 5 rings (SSSR count). The summed E-state index contributed by atoms with van der Waals surface area (Å²) in [5, 5.41) is 7.91. The van der Waals surface area contributed by atoms with Crippen LogP contribution in [0.5, 0.6) is 5.75 Å². The number of amides is 1. The van der Waals surface area contributed by atoms with Gasteiger partial charge in [0.25, 0.3) is 0 Å². The van der Waals surface area contributed by atoms with Crippen molar-refractivity contribution in [3.8, 4) is 17.1 Å². The van der Waals surface area contributed by atoms with E-state index in [0.717, 1.165) is 12.8 Å². The zero-order chi connectivity index (χ0) is 27.6. The Morgan fingerprint density at radius 2 is 1.85 bits per heavy atom. The smallest absolute Gasteiger partial charge is 0.243 e. The van der Waals surface area contributed by atoms with E-state index in [1.807, 2.05) is 0 Å². The summed E-state index contributed by atoms with van der Waals surface area (Å²) in [5.74, 6) is 0.870. The van der Waals surface area contributed by atoms with Gasteiger partial charge in [-0.05, 0) is 75.2 Å². The molecular weight excluding hydrogens is 565 g/mol. The molecule has 2 aliphatic rings. The van der Waals surface area contributed by atoms with Crippen LogP contribution in [-0.2, 0) is 21.4 Å². The molecule has 0 bridgehead atoms. The molecule has 0 atom stereocenters. The van der Waals surface area contributed by atoms with Gasteiger partial charge in [0.1, 0.15) is 5.75 Å². The number of nitrogens with zero attached hydrogens (tertiary/aromatic N) is 4. The van der Waals surface area contributed by atoms with Crippen LogP contribution in [0, 0.1) is 5.92 Å². The van der Waals surface area contributed by atoms with Crippen LogP contribution in [-0.4, -0.2) is 67.0 Å². The van der Waals surface area contributed by atoms with E-state index in [0.29, 0.717) is 84.3 Å². The quantitative estimate of drug-likeness (QED) is 0.399. The number of aromatic nitrogens is 2. The van der Waals surface area contributed by atoms with E-state index in [4.69, 9.17) is 32.5 Å². The van der Waals surface area contributed by atoms with Crippen LogP contribution < -0.4 is 10.1 Å². The summed E-state index contributed by atoms with van der Waals surface area (Å²) >= 11 is 12.2. The van der Waals surface area contributed by atoms with Crippen molar-refractivity contribution >= 4 is 44.8 Å². The van der Waals surface area contributed by atoms with E-state index < -0.39 is 10.0 Å². The zero-order valence-electron chi connectivity index (χ0n) is 21.4. The number of carbonyl (C=O) groups is 1. The summed E-state index contributed by atoms with van der Waals surface area (Å²) in [4.78, 5) is 19.9. The van der Waals surface area contributed by atoms with Crippen LogP contribution in [0.2, 0.25) is 10.0 Å². The summed E-state index contributed by atoms with van der Waals surface area (Å²) in [5.41, 5.74) is 0.989. The van der Waals surface area contributed by atoms with Gasteiger partial charge in [-0.25, -0.2) is 8.42 Å². The number of likely N-dealkylation sites (tertiary alicyclic amines) is 1. The molecule has 1 amide bonds. The van der Waals surface area contributed by atoms with Crippen molar-refractivity contribution in [1.82, 2.24) is 19.3 Å². The Hall–Kier alpha value is -2.70. The fourth-order valence-corrected chi connectivity index (χ4v) is 6.94. The first-order chi connectivity index (χ1) is 18.7. The SMILES string of the molecule is COc1ccc(S(=O)(=O)N2CCCC2)cc1NC(=O)C1CCN(Cc2nc(-c3ccc(Cl)cc3Cl)no2)CC1. The molecule has 208 valence electrons. The van der Waals surface area contributed by atoms with Crippen molar-refractivity contribution in [1.29, 1.82) is 0 Å². The third kappa shape index (κ3) is 6.22. The molecule has 0 aliphatic carbocycles. The second kappa shape index (κ2) is 11.8. The largest absolute Gasteiger partial charge is 0.495 e. The van der Waals surface area contributed by atoms with Crippen molar-refractivity contribution in [2.45, 2.75) is 37.1 Å². The second-order valence-electron chi connectivity index (χ2n) is 9.65. The van der Waals surface area contributed by atoms with Crippen LogP contribution in [0.1, 0.15) is 31.6 Å². The van der Waals surface area contributed by atoms with Gasteiger partial charge in [-0.1, -0.05) is 28.4 Å². The summed E-state index contributed by atoms with van der Waals surface area (Å²) in [7, 11) is -2.13. The van der Waals surface area contributed by atoms with Gasteiger partial charge in [0.2, 0.25) is 27.6 Å². The Bertz CT molecular complexity index is 1450. The minimum atomic E-state index is -3.62. The monoisotopic (exact) mass is 593 g/mol. The first-order valence-corrected chi connectivity index (χ1v) is 14.9. The molecule has 13 heteroatoms. The number of sulfonamides is 1. The number of hydrogen-bond acceptors (Lipinski definition) is 8. The summed E-state index contributed by atoms with van der Waals surface area (Å²) in [6, 6.07) is 9.67. The zero-order valence-corrected chi connectivity index (χ0v) is 23.7. The van der Waals surface area contributed by atoms with E-state index in [9.17, 15) is 13.2 Å². The number of halogens is 2. The second-order valence-corrected chi connectivity index (χ2v) is 12.4. The highest BCUT2D eigenvalue weighted by molar-refractivity contribution is 7.89. The lowest BCUT2D eigenvalue weighted by atomic mass is 9.96. The van der Waals surface area contributed by atoms with Crippen LogP contribution in [0.15, 0.2) is 45.8 Å². The van der Waals surface area contributed by atoms with Crippen molar-refractivity contribution in [2.24, 2.45) is 5.92 Å². The standard InChI is InChI=1S/C26H29Cl2N5O5S/c1-37-23-7-5-19(39(35,36)33-10-2-3-11-33)15-22(23)29-26(34)17-8-12-32(13-9-17)16-24-30-25(31-38-24)20-6-4-18(27)14-21(20)28/h4-7,14-15,17H,2-3,8-13,16H2,1H3,(H,29,34). The number of methoxy groups -OCH3 is 1. The van der Waals surface area contributed by atoms with Gasteiger partial charge in [-0.2, -0.15) is 9.29 Å². The predicted molar refractivity (Wildman–Crippen MR) is 147 cm³/mol. The molecule has 10 nitrogen and oxygen atoms in total. The molecule has 0 unspecified atom stereocenters. The molecule has 0 spiro atoms. The lowest BCUT2D eigenvalue weighted by Crippen LogP contribution is -2.37. The molecule has 0 radical (unpaired) electrons. The number of carbonyl (C=O) groups excluding carboxylic acids is 1. The van der Waals surface area contributed by atoms with Gasteiger partial charge in [0.15, 0.2) is 0 Å². The number of ether oxygens (including phenoxy) is 1.